The van der Waals surface area contributed by atoms with E-state index in [1.807, 2.05) is 12.1 Å². The Bertz CT molecular complexity index is 346. The van der Waals surface area contributed by atoms with Crippen LogP contribution in [0.15, 0.2) is 18.3 Å². The molecule has 2 rings (SSSR count). The van der Waals surface area contributed by atoms with E-state index in [1.54, 1.807) is 13.3 Å². The average Bonchev–Trinajstić information content (AvgIpc) is 2.40. The lowest BCUT2D eigenvalue weighted by molar-refractivity contribution is 0.330. The van der Waals surface area contributed by atoms with E-state index in [9.17, 15) is 0 Å². The Hall–Kier alpha value is -1.25. The van der Waals surface area contributed by atoms with Crippen molar-refractivity contribution in [3.63, 3.8) is 0 Å². The van der Waals surface area contributed by atoms with Crippen LogP contribution in [-0.4, -0.2) is 18.1 Å². The quantitative estimate of drug-likeness (QED) is 0.866. The van der Waals surface area contributed by atoms with Crippen molar-refractivity contribution in [2.45, 2.75) is 45.1 Å². The van der Waals surface area contributed by atoms with Gasteiger partial charge < -0.3 is 10.1 Å². The van der Waals surface area contributed by atoms with Gasteiger partial charge in [-0.3, -0.25) is 0 Å². The molecule has 1 fully saturated rings. The Morgan fingerprint density at radius 3 is 2.76 bits per heavy atom. The summed E-state index contributed by atoms with van der Waals surface area (Å²) in [7, 11) is 1.65. The van der Waals surface area contributed by atoms with Crippen molar-refractivity contribution in [1.82, 2.24) is 4.98 Å². The lowest BCUT2D eigenvalue weighted by Gasteiger charge is -2.29. The molecule has 1 heterocycles. The Morgan fingerprint density at radius 1 is 1.35 bits per heavy atom. The molecule has 0 saturated heterocycles. The van der Waals surface area contributed by atoms with Crippen LogP contribution in [0.25, 0.3) is 0 Å². The molecule has 0 unspecified atom stereocenters. The van der Waals surface area contributed by atoms with E-state index in [1.165, 1.54) is 32.1 Å². The molecule has 0 bridgehead atoms. The van der Waals surface area contributed by atoms with Crippen LogP contribution in [-0.2, 0) is 0 Å². The van der Waals surface area contributed by atoms with Crippen molar-refractivity contribution in [3.05, 3.63) is 18.3 Å². The molecule has 0 radical (unpaired) electrons. The highest BCUT2D eigenvalue weighted by Gasteiger charge is 2.19. The van der Waals surface area contributed by atoms with Crippen molar-refractivity contribution >= 4 is 5.69 Å². The van der Waals surface area contributed by atoms with E-state index >= 15 is 0 Å². The molecule has 0 aliphatic heterocycles. The second-order valence-electron chi connectivity index (χ2n) is 4.86. The van der Waals surface area contributed by atoms with Crippen LogP contribution < -0.4 is 10.1 Å². The normalized spacial score (nSPS) is 24.4. The van der Waals surface area contributed by atoms with Crippen LogP contribution in [0.3, 0.4) is 0 Å². The fourth-order valence-electron chi connectivity index (χ4n) is 2.56. The molecule has 1 saturated carbocycles. The topological polar surface area (TPSA) is 34.2 Å². The average molecular weight is 234 g/mol. The first-order valence-electron chi connectivity index (χ1n) is 6.58. The number of methoxy groups -OCH3 is 1. The van der Waals surface area contributed by atoms with E-state index in [2.05, 4.69) is 17.2 Å². The number of aromatic nitrogens is 1. The molecule has 1 aromatic heterocycles. The molecule has 94 valence electrons. The summed E-state index contributed by atoms with van der Waals surface area (Å²) in [5.41, 5.74) is 1.12. The highest BCUT2D eigenvalue weighted by atomic mass is 16.5. The third-order valence-electron chi connectivity index (χ3n) is 3.74. The van der Waals surface area contributed by atoms with Gasteiger partial charge in [0, 0.05) is 24.0 Å². The van der Waals surface area contributed by atoms with Gasteiger partial charge in [0.2, 0.25) is 5.88 Å². The maximum absolute atomic E-state index is 5.13. The number of rotatable bonds is 4. The van der Waals surface area contributed by atoms with Crippen molar-refractivity contribution < 1.29 is 4.74 Å². The van der Waals surface area contributed by atoms with Crippen LogP contribution in [0.2, 0.25) is 0 Å². The van der Waals surface area contributed by atoms with Gasteiger partial charge in [-0.1, -0.05) is 13.3 Å². The molecule has 1 aliphatic rings. The highest BCUT2D eigenvalue weighted by molar-refractivity contribution is 5.45. The van der Waals surface area contributed by atoms with E-state index in [-0.39, 0.29) is 0 Å². The highest BCUT2D eigenvalue weighted by Crippen LogP contribution is 2.28. The predicted octanol–water partition coefficient (Wildman–Crippen LogP) is 3.47. The number of nitrogens with one attached hydrogen (secondary N) is 1. The van der Waals surface area contributed by atoms with Crippen LogP contribution in [0.1, 0.15) is 39.0 Å². The Labute approximate surface area is 104 Å². The fraction of sp³-hybridized carbons (Fsp3) is 0.643. The summed E-state index contributed by atoms with van der Waals surface area (Å²) >= 11 is 0. The van der Waals surface area contributed by atoms with Gasteiger partial charge in [-0.05, 0) is 37.7 Å². The minimum atomic E-state index is 0.616. The van der Waals surface area contributed by atoms with Gasteiger partial charge in [0.25, 0.3) is 0 Å². The number of ether oxygens (including phenoxy) is 1. The molecule has 0 atom stereocenters. The van der Waals surface area contributed by atoms with Gasteiger partial charge in [-0.15, -0.1) is 0 Å². The summed E-state index contributed by atoms with van der Waals surface area (Å²) in [6.45, 7) is 2.30. The van der Waals surface area contributed by atoms with Gasteiger partial charge in [-0.2, -0.15) is 0 Å². The summed E-state index contributed by atoms with van der Waals surface area (Å²) in [6, 6.07) is 4.59. The van der Waals surface area contributed by atoms with Crippen LogP contribution >= 0.6 is 0 Å². The molecule has 1 aliphatic carbocycles. The third-order valence-corrected chi connectivity index (χ3v) is 3.74. The van der Waals surface area contributed by atoms with E-state index in [0.29, 0.717) is 11.9 Å². The van der Waals surface area contributed by atoms with E-state index < -0.39 is 0 Å². The molecule has 1 N–H and O–H groups in total. The third kappa shape index (κ3) is 3.35. The Kier molecular flexibility index (Phi) is 4.24. The first-order valence-corrected chi connectivity index (χ1v) is 6.58. The summed E-state index contributed by atoms with van der Waals surface area (Å²) in [6.07, 6.45) is 8.40. The molecule has 17 heavy (non-hydrogen) atoms. The number of hydrogen-bond acceptors (Lipinski definition) is 3. The zero-order chi connectivity index (χ0) is 12.1. The maximum Gasteiger partial charge on any atom is 0.214 e. The number of anilines is 1. The molecule has 3 heteroatoms. The van der Waals surface area contributed by atoms with Crippen molar-refractivity contribution in [2.24, 2.45) is 5.92 Å². The first kappa shape index (κ1) is 12.2. The van der Waals surface area contributed by atoms with Gasteiger partial charge in [0.15, 0.2) is 0 Å². The first-order chi connectivity index (χ1) is 8.31. The van der Waals surface area contributed by atoms with Crippen molar-refractivity contribution in [2.75, 3.05) is 12.4 Å². The fourth-order valence-corrected chi connectivity index (χ4v) is 2.56. The monoisotopic (exact) mass is 234 g/mol. The number of pyridine rings is 1. The summed E-state index contributed by atoms with van der Waals surface area (Å²) in [5, 5.41) is 3.58. The second-order valence-corrected chi connectivity index (χ2v) is 4.86. The second kappa shape index (κ2) is 5.89. The largest absolute Gasteiger partial charge is 0.481 e. The zero-order valence-corrected chi connectivity index (χ0v) is 10.8. The minimum absolute atomic E-state index is 0.616. The SMILES string of the molecule is CCC1CCC(Nc2ccnc(OC)c2)CC1. The van der Waals surface area contributed by atoms with Gasteiger partial charge >= 0.3 is 0 Å². The van der Waals surface area contributed by atoms with Gasteiger partial charge in [0.05, 0.1) is 7.11 Å². The Morgan fingerprint density at radius 2 is 2.12 bits per heavy atom. The summed E-state index contributed by atoms with van der Waals surface area (Å²) < 4.78 is 5.13. The molecule has 1 aromatic rings. The minimum Gasteiger partial charge on any atom is -0.481 e. The standard InChI is InChI=1S/C14H22N2O/c1-3-11-4-6-12(7-5-11)16-13-8-9-15-14(10-13)17-2/h8-12H,3-7H2,1-2H3,(H,15,16). The Balaban J connectivity index is 1.88. The molecule has 0 aromatic carbocycles. The zero-order valence-electron chi connectivity index (χ0n) is 10.8. The lowest BCUT2D eigenvalue weighted by atomic mass is 9.84. The van der Waals surface area contributed by atoms with Gasteiger partial charge in [0.1, 0.15) is 0 Å². The van der Waals surface area contributed by atoms with E-state index in [4.69, 9.17) is 4.74 Å². The molecular formula is C14H22N2O. The van der Waals surface area contributed by atoms with Crippen LogP contribution in [0, 0.1) is 5.92 Å². The molecule has 0 spiro atoms. The maximum atomic E-state index is 5.13. The van der Waals surface area contributed by atoms with Crippen LogP contribution in [0.5, 0.6) is 5.88 Å². The van der Waals surface area contributed by atoms with Crippen molar-refractivity contribution in [1.29, 1.82) is 0 Å². The smallest absolute Gasteiger partial charge is 0.214 e. The summed E-state index contributed by atoms with van der Waals surface area (Å²) in [4.78, 5) is 4.11. The number of hydrogen-bond donors (Lipinski definition) is 1. The molecule has 0 amide bonds. The predicted molar refractivity (Wildman–Crippen MR) is 70.4 cm³/mol. The van der Waals surface area contributed by atoms with Crippen LogP contribution in [0.4, 0.5) is 5.69 Å². The van der Waals surface area contributed by atoms with E-state index in [0.717, 1.165) is 11.6 Å². The van der Waals surface area contributed by atoms with Gasteiger partial charge in [-0.25, -0.2) is 4.98 Å². The summed E-state index contributed by atoms with van der Waals surface area (Å²) in [5.74, 6) is 1.62. The number of nitrogens with zero attached hydrogens (tertiary/aromatic N) is 1. The molecule has 3 nitrogen and oxygen atoms in total. The lowest BCUT2D eigenvalue weighted by Crippen LogP contribution is -2.25. The molecular weight excluding hydrogens is 212 g/mol. The van der Waals surface area contributed by atoms with Crippen molar-refractivity contribution in [3.8, 4) is 5.88 Å².